The summed E-state index contributed by atoms with van der Waals surface area (Å²) < 4.78 is 16.2. The number of ether oxygens (including phenoxy) is 3. The van der Waals surface area contributed by atoms with Gasteiger partial charge in [0.05, 0.1) is 35.7 Å². The molecule has 238 valence electrons. The summed E-state index contributed by atoms with van der Waals surface area (Å²) in [6.45, 7) is 5.17. The predicted molar refractivity (Wildman–Crippen MR) is 166 cm³/mol. The van der Waals surface area contributed by atoms with Crippen LogP contribution in [-0.2, 0) is 19.1 Å². The van der Waals surface area contributed by atoms with Crippen LogP contribution in [0.5, 0.6) is 5.75 Å². The zero-order chi connectivity index (χ0) is 31.9. The number of nitrogens with zero attached hydrogens (tertiary/aromatic N) is 1. The van der Waals surface area contributed by atoms with Gasteiger partial charge in [-0.3, -0.25) is 10.1 Å². The number of nitro groups is 1. The maximum Gasteiger partial charge on any atom is 0.336 e. The topological polar surface area (TPSA) is 149 Å². The molecule has 11 nitrogen and oxygen atoms in total. The minimum atomic E-state index is -0.873. The van der Waals surface area contributed by atoms with Gasteiger partial charge in [-0.05, 0) is 50.9 Å². The number of aliphatic hydroxyl groups excluding tert-OH is 1. The van der Waals surface area contributed by atoms with Crippen molar-refractivity contribution >= 4 is 17.6 Å². The monoisotopic (exact) mass is 609 g/mol. The van der Waals surface area contributed by atoms with Crippen molar-refractivity contribution in [1.29, 1.82) is 0 Å². The molecule has 0 radical (unpaired) electrons. The second-order valence-corrected chi connectivity index (χ2v) is 10.7. The number of esters is 2. The Balaban J connectivity index is 1.39. The highest BCUT2D eigenvalue weighted by atomic mass is 16.6. The Morgan fingerprint density at radius 3 is 2.30 bits per heavy atom. The van der Waals surface area contributed by atoms with Gasteiger partial charge in [0, 0.05) is 30.1 Å². The zero-order valence-electron chi connectivity index (χ0n) is 25.7. The molecule has 0 saturated heterocycles. The van der Waals surface area contributed by atoms with Crippen LogP contribution in [-0.4, -0.2) is 61.5 Å². The van der Waals surface area contributed by atoms with Crippen molar-refractivity contribution in [3.8, 4) is 5.75 Å². The number of unbranched alkanes of at least 4 members (excludes halogenated alkanes) is 5. The standard InChI is InChI=1S/C33H43N3O8/c1-23-29(32(38)42-3)31(25-14-13-15-26(20-25)36(40)41)30(24(2)35-23)33(39)43-19-12-7-5-4-6-11-18-34-21-27(37)22-44-28-16-9-8-10-17-28/h8-10,13-17,20,27,31,34-35,37H,4-7,11-12,18-19,21-22H2,1-3H3. The molecule has 11 heteroatoms. The molecule has 2 atom stereocenters. The van der Waals surface area contributed by atoms with Crippen LogP contribution in [0.1, 0.15) is 63.9 Å². The number of carbonyl (C=O) groups is 2. The number of nitro benzene ring substituents is 1. The average Bonchev–Trinajstić information content (AvgIpc) is 3.02. The van der Waals surface area contributed by atoms with Crippen LogP contribution < -0.4 is 15.4 Å². The van der Waals surface area contributed by atoms with E-state index in [1.807, 2.05) is 30.3 Å². The van der Waals surface area contributed by atoms with Gasteiger partial charge in [0.1, 0.15) is 18.5 Å². The minimum absolute atomic E-state index is 0.143. The third-order valence-corrected chi connectivity index (χ3v) is 7.35. The molecule has 2 aromatic carbocycles. The number of carbonyl (C=O) groups excluding carboxylic acids is 2. The number of hydrogen-bond donors (Lipinski definition) is 3. The molecule has 2 unspecified atom stereocenters. The van der Waals surface area contributed by atoms with E-state index >= 15 is 0 Å². The molecule has 0 aliphatic carbocycles. The van der Waals surface area contributed by atoms with Crippen LogP contribution in [0.2, 0.25) is 0 Å². The van der Waals surface area contributed by atoms with Gasteiger partial charge >= 0.3 is 11.9 Å². The average molecular weight is 610 g/mol. The van der Waals surface area contributed by atoms with Crippen LogP contribution >= 0.6 is 0 Å². The molecular weight excluding hydrogens is 566 g/mol. The van der Waals surface area contributed by atoms with E-state index in [2.05, 4.69) is 10.6 Å². The molecule has 2 aromatic rings. The van der Waals surface area contributed by atoms with Crippen LogP contribution in [0.15, 0.2) is 77.1 Å². The summed E-state index contributed by atoms with van der Waals surface area (Å²) in [6, 6.07) is 15.3. The molecule has 0 bridgehead atoms. The Bertz CT molecular complexity index is 1330. The quantitative estimate of drug-likeness (QED) is 0.0920. The van der Waals surface area contributed by atoms with E-state index in [0.717, 1.165) is 44.4 Å². The second-order valence-electron chi connectivity index (χ2n) is 10.7. The molecule has 3 N–H and O–H groups in total. The van der Waals surface area contributed by atoms with Crippen molar-refractivity contribution in [2.24, 2.45) is 0 Å². The van der Waals surface area contributed by atoms with Crippen molar-refractivity contribution in [2.45, 2.75) is 64.4 Å². The van der Waals surface area contributed by atoms with Gasteiger partial charge in [-0.15, -0.1) is 0 Å². The third-order valence-electron chi connectivity index (χ3n) is 7.35. The Morgan fingerprint density at radius 2 is 1.61 bits per heavy atom. The Kier molecular flexibility index (Phi) is 13.9. The lowest BCUT2D eigenvalue weighted by atomic mass is 9.80. The highest BCUT2D eigenvalue weighted by Crippen LogP contribution is 2.40. The maximum absolute atomic E-state index is 13.3. The van der Waals surface area contributed by atoms with Gasteiger partial charge in [0.2, 0.25) is 0 Å². The highest BCUT2D eigenvalue weighted by molar-refractivity contribution is 5.99. The Morgan fingerprint density at radius 1 is 0.955 bits per heavy atom. The van der Waals surface area contributed by atoms with E-state index in [0.29, 0.717) is 29.9 Å². The molecule has 1 heterocycles. The van der Waals surface area contributed by atoms with Gasteiger partial charge in [-0.25, -0.2) is 9.59 Å². The predicted octanol–water partition coefficient (Wildman–Crippen LogP) is 4.92. The van der Waals surface area contributed by atoms with Crippen LogP contribution in [0.3, 0.4) is 0 Å². The summed E-state index contributed by atoms with van der Waals surface area (Å²) in [5, 5.41) is 27.8. The van der Waals surface area contributed by atoms with E-state index in [-0.39, 0.29) is 30.0 Å². The molecule has 3 rings (SSSR count). The SMILES string of the molecule is COC(=O)C1=C(C)NC(C)=C(C(=O)OCCCCCCCCNCC(O)COc2ccccc2)C1c1cccc([N+](=O)[O-])c1. The fourth-order valence-corrected chi connectivity index (χ4v) is 5.13. The summed E-state index contributed by atoms with van der Waals surface area (Å²) in [4.78, 5) is 37.0. The molecule has 0 aromatic heterocycles. The smallest absolute Gasteiger partial charge is 0.336 e. The number of allylic oxidation sites excluding steroid dienone is 2. The normalized spacial score (nSPS) is 15.4. The number of benzene rings is 2. The number of aliphatic hydroxyl groups is 1. The van der Waals surface area contributed by atoms with Gasteiger partial charge in [-0.2, -0.15) is 0 Å². The number of non-ortho nitro benzene ring substituents is 1. The second kappa shape index (κ2) is 17.8. The van der Waals surface area contributed by atoms with E-state index in [4.69, 9.17) is 14.2 Å². The first kappa shape index (κ1) is 34.3. The molecule has 0 amide bonds. The Labute approximate surface area is 258 Å². The van der Waals surface area contributed by atoms with Crippen molar-refractivity contribution in [3.63, 3.8) is 0 Å². The number of dihydropyridines is 1. The molecule has 0 fully saturated rings. The van der Waals surface area contributed by atoms with E-state index in [1.54, 1.807) is 19.9 Å². The molecule has 1 aliphatic rings. The van der Waals surface area contributed by atoms with Crippen molar-refractivity contribution in [3.05, 3.63) is 92.8 Å². The van der Waals surface area contributed by atoms with Crippen molar-refractivity contribution in [1.82, 2.24) is 10.6 Å². The van der Waals surface area contributed by atoms with Crippen LogP contribution in [0.25, 0.3) is 0 Å². The van der Waals surface area contributed by atoms with Crippen LogP contribution in [0, 0.1) is 10.1 Å². The fraction of sp³-hybridized carbons (Fsp3) is 0.455. The fourth-order valence-electron chi connectivity index (χ4n) is 5.13. The van der Waals surface area contributed by atoms with Gasteiger partial charge in [0.25, 0.3) is 5.69 Å². The first-order chi connectivity index (χ1) is 21.2. The minimum Gasteiger partial charge on any atom is -0.491 e. The molecule has 0 saturated carbocycles. The summed E-state index contributed by atoms with van der Waals surface area (Å²) >= 11 is 0. The largest absolute Gasteiger partial charge is 0.491 e. The van der Waals surface area contributed by atoms with Crippen molar-refractivity contribution < 1.29 is 33.8 Å². The first-order valence-electron chi connectivity index (χ1n) is 15.0. The summed E-state index contributed by atoms with van der Waals surface area (Å²) in [7, 11) is 1.25. The van der Waals surface area contributed by atoms with E-state index in [1.165, 1.54) is 25.3 Å². The van der Waals surface area contributed by atoms with Crippen LogP contribution in [0.4, 0.5) is 5.69 Å². The zero-order valence-corrected chi connectivity index (χ0v) is 25.7. The first-order valence-corrected chi connectivity index (χ1v) is 15.0. The molecule has 0 spiro atoms. The maximum atomic E-state index is 13.3. The third kappa shape index (κ3) is 10.2. The number of para-hydroxylation sites is 1. The van der Waals surface area contributed by atoms with Crippen molar-refractivity contribution in [2.75, 3.05) is 33.4 Å². The van der Waals surface area contributed by atoms with Gasteiger partial charge in [-0.1, -0.05) is 56.0 Å². The number of nitrogens with one attached hydrogen (secondary N) is 2. The highest BCUT2D eigenvalue weighted by Gasteiger charge is 2.38. The number of hydrogen-bond acceptors (Lipinski definition) is 10. The van der Waals surface area contributed by atoms with E-state index < -0.39 is 28.9 Å². The summed E-state index contributed by atoms with van der Waals surface area (Å²) in [5.74, 6) is -1.35. The lowest BCUT2D eigenvalue weighted by molar-refractivity contribution is -0.384. The number of methoxy groups -OCH3 is 1. The molecule has 1 aliphatic heterocycles. The number of rotatable bonds is 18. The summed E-state index contributed by atoms with van der Waals surface area (Å²) in [5.41, 5.74) is 1.73. The molecule has 44 heavy (non-hydrogen) atoms. The van der Waals surface area contributed by atoms with Gasteiger partial charge in [0.15, 0.2) is 0 Å². The van der Waals surface area contributed by atoms with Gasteiger partial charge < -0.3 is 30.0 Å². The molecular formula is C33H43N3O8. The lowest BCUT2D eigenvalue weighted by Crippen LogP contribution is -2.32. The Hall–Kier alpha value is -4.22. The van der Waals surface area contributed by atoms with E-state index in [9.17, 15) is 24.8 Å². The lowest BCUT2D eigenvalue weighted by Gasteiger charge is -2.30. The summed E-state index contributed by atoms with van der Waals surface area (Å²) in [6.07, 6.45) is 5.11.